The molecule has 0 saturated carbocycles. The molecule has 0 unspecified atom stereocenters. The highest BCUT2D eigenvalue weighted by molar-refractivity contribution is 7.80. The smallest absolute Gasteiger partial charge is 0.238 e. The minimum absolute atomic E-state index is 0.0840. The molecular formula is C14H21N3O2S. The van der Waals surface area contributed by atoms with Gasteiger partial charge in [-0.05, 0) is 18.7 Å². The number of thiocarbonyl (C=S) groups is 1. The van der Waals surface area contributed by atoms with Crippen molar-refractivity contribution in [2.24, 2.45) is 5.73 Å². The van der Waals surface area contributed by atoms with Crippen LogP contribution < -0.4 is 15.8 Å². The number of nitrogens with one attached hydrogen (secondary N) is 1. The van der Waals surface area contributed by atoms with Gasteiger partial charge in [-0.2, -0.15) is 0 Å². The molecule has 1 amide bonds. The number of ether oxygens (including phenoxy) is 1. The van der Waals surface area contributed by atoms with Gasteiger partial charge in [-0.25, -0.2) is 0 Å². The molecule has 0 radical (unpaired) electrons. The molecular weight excluding hydrogens is 274 g/mol. The van der Waals surface area contributed by atoms with Crippen molar-refractivity contribution in [1.29, 1.82) is 0 Å². The lowest BCUT2D eigenvalue weighted by Crippen LogP contribution is -2.35. The van der Waals surface area contributed by atoms with E-state index in [0.717, 1.165) is 6.54 Å². The Morgan fingerprint density at radius 3 is 2.75 bits per heavy atom. The van der Waals surface area contributed by atoms with E-state index in [1.54, 1.807) is 13.2 Å². The Labute approximate surface area is 125 Å². The summed E-state index contributed by atoms with van der Waals surface area (Å²) in [6, 6.07) is 7.32. The highest BCUT2D eigenvalue weighted by Gasteiger charge is 2.11. The number of anilines is 1. The predicted octanol–water partition coefficient (Wildman–Crippen LogP) is 1.63. The van der Waals surface area contributed by atoms with Gasteiger partial charge in [0.05, 0.1) is 24.3 Å². The van der Waals surface area contributed by atoms with Gasteiger partial charge in [0.2, 0.25) is 5.91 Å². The fraction of sp³-hybridized carbons (Fsp3) is 0.429. The van der Waals surface area contributed by atoms with Crippen molar-refractivity contribution in [3.63, 3.8) is 0 Å². The molecule has 0 aliphatic carbocycles. The van der Waals surface area contributed by atoms with Gasteiger partial charge in [0, 0.05) is 13.0 Å². The lowest BCUT2D eigenvalue weighted by molar-refractivity contribution is -0.117. The SMILES string of the molecule is CCN(CCC(N)=S)CC(=O)Nc1ccccc1OC. The predicted molar refractivity (Wildman–Crippen MR) is 85.1 cm³/mol. The summed E-state index contributed by atoms with van der Waals surface area (Å²) in [5, 5.41) is 2.84. The van der Waals surface area contributed by atoms with Crippen molar-refractivity contribution >= 4 is 28.8 Å². The van der Waals surface area contributed by atoms with Crippen LogP contribution in [-0.2, 0) is 4.79 Å². The molecule has 0 aromatic heterocycles. The van der Waals surface area contributed by atoms with E-state index in [0.29, 0.717) is 35.9 Å². The number of hydrogen-bond donors (Lipinski definition) is 2. The normalized spacial score (nSPS) is 10.3. The average molecular weight is 295 g/mol. The molecule has 0 saturated heterocycles. The van der Waals surface area contributed by atoms with E-state index >= 15 is 0 Å². The number of para-hydroxylation sites is 2. The summed E-state index contributed by atoms with van der Waals surface area (Å²) in [4.78, 5) is 14.5. The monoisotopic (exact) mass is 295 g/mol. The summed E-state index contributed by atoms with van der Waals surface area (Å²) in [6.07, 6.45) is 0.616. The fourth-order valence-electron chi connectivity index (χ4n) is 1.76. The van der Waals surface area contributed by atoms with Crippen LogP contribution in [-0.4, -0.2) is 42.5 Å². The Morgan fingerprint density at radius 2 is 2.15 bits per heavy atom. The third kappa shape index (κ3) is 5.54. The van der Waals surface area contributed by atoms with E-state index in [-0.39, 0.29) is 5.91 Å². The average Bonchev–Trinajstić information content (AvgIpc) is 2.43. The molecule has 0 heterocycles. The Hall–Kier alpha value is -1.66. The lowest BCUT2D eigenvalue weighted by Gasteiger charge is -2.19. The van der Waals surface area contributed by atoms with Crippen molar-refractivity contribution in [3.05, 3.63) is 24.3 Å². The molecule has 1 aromatic carbocycles. The van der Waals surface area contributed by atoms with Crippen LogP contribution in [0.3, 0.4) is 0 Å². The summed E-state index contributed by atoms with van der Waals surface area (Å²) in [5.74, 6) is 0.561. The van der Waals surface area contributed by atoms with Gasteiger partial charge in [-0.3, -0.25) is 9.69 Å². The zero-order chi connectivity index (χ0) is 15.0. The molecule has 1 aromatic rings. The summed E-state index contributed by atoms with van der Waals surface area (Å²) in [6.45, 7) is 3.75. The van der Waals surface area contributed by atoms with Gasteiger partial charge in [-0.15, -0.1) is 0 Å². The number of nitrogens with two attached hydrogens (primary N) is 1. The molecule has 0 atom stereocenters. The number of carbonyl (C=O) groups excluding carboxylic acids is 1. The van der Waals surface area contributed by atoms with E-state index in [1.165, 1.54) is 0 Å². The summed E-state index contributed by atoms with van der Waals surface area (Å²) in [5.41, 5.74) is 6.15. The second-order valence-electron chi connectivity index (χ2n) is 4.33. The Bertz CT molecular complexity index is 465. The Balaban J connectivity index is 2.55. The van der Waals surface area contributed by atoms with E-state index in [1.807, 2.05) is 30.0 Å². The second-order valence-corrected chi connectivity index (χ2v) is 4.86. The number of methoxy groups -OCH3 is 1. The van der Waals surface area contributed by atoms with Crippen molar-refractivity contribution in [3.8, 4) is 5.75 Å². The van der Waals surface area contributed by atoms with Gasteiger partial charge in [0.15, 0.2) is 0 Å². The second kappa shape index (κ2) is 8.50. The van der Waals surface area contributed by atoms with Crippen LogP contribution in [0, 0.1) is 0 Å². The third-order valence-electron chi connectivity index (χ3n) is 2.87. The molecule has 110 valence electrons. The first-order valence-electron chi connectivity index (χ1n) is 6.50. The van der Waals surface area contributed by atoms with Crippen LogP contribution in [0.4, 0.5) is 5.69 Å². The molecule has 0 aliphatic rings. The zero-order valence-corrected chi connectivity index (χ0v) is 12.7. The van der Waals surface area contributed by atoms with Crippen LogP contribution in [0.1, 0.15) is 13.3 Å². The summed E-state index contributed by atoms with van der Waals surface area (Å²) < 4.78 is 5.19. The quantitative estimate of drug-likeness (QED) is 0.714. The van der Waals surface area contributed by atoms with E-state index < -0.39 is 0 Å². The standard InChI is InChI=1S/C14H21N3O2S/c1-3-17(9-8-13(15)20)10-14(18)16-11-6-4-5-7-12(11)19-2/h4-7H,3,8-10H2,1-2H3,(H2,15,20)(H,16,18). The molecule has 5 nitrogen and oxygen atoms in total. The van der Waals surface area contributed by atoms with Crippen LogP contribution in [0.2, 0.25) is 0 Å². The van der Waals surface area contributed by atoms with E-state index in [9.17, 15) is 4.79 Å². The van der Waals surface area contributed by atoms with Crippen molar-refractivity contribution in [1.82, 2.24) is 4.90 Å². The van der Waals surface area contributed by atoms with Crippen molar-refractivity contribution in [2.45, 2.75) is 13.3 Å². The van der Waals surface area contributed by atoms with E-state index in [2.05, 4.69) is 5.32 Å². The summed E-state index contributed by atoms with van der Waals surface area (Å²) in [7, 11) is 1.57. The maximum Gasteiger partial charge on any atom is 0.238 e. The zero-order valence-electron chi connectivity index (χ0n) is 11.9. The van der Waals surface area contributed by atoms with Crippen LogP contribution in [0.5, 0.6) is 5.75 Å². The highest BCUT2D eigenvalue weighted by atomic mass is 32.1. The molecule has 0 spiro atoms. The first-order chi connectivity index (χ1) is 9.56. The largest absolute Gasteiger partial charge is 0.495 e. The molecule has 20 heavy (non-hydrogen) atoms. The number of hydrogen-bond acceptors (Lipinski definition) is 4. The molecule has 0 aliphatic heterocycles. The molecule has 0 fully saturated rings. The van der Waals surface area contributed by atoms with Gasteiger partial charge in [0.1, 0.15) is 5.75 Å². The first kappa shape index (κ1) is 16.4. The van der Waals surface area contributed by atoms with Crippen LogP contribution >= 0.6 is 12.2 Å². The number of likely N-dealkylation sites (N-methyl/N-ethyl adjacent to an activating group) is 1. The molecule has 0 bridgehead atoms. The van der Waals surface area contributed by atoms with Gasteiger partial charge in [-0.1, -0.05) is 31.3 Å². The minimum Gasteiger partial charge on any atom is -0.495 e. The lowest BCUT2D eigenvalue weighted by atomic mass is 10.3. The van der Waals surface area contributed by atoms with Crippen molar-refractivity contribution in [2.75, 3.05) is 32.1 Å². The van der Waals surface area contributed by atoms with Gasteiger partial charge in [0.25, 0.3) is 0 Å². The number of carbonyl (C=O) groups is 1. The third-order valence-corrected chi connectivity index (χ3v) is 3.07. The Morgan fingerprint density at radius 1 is 1.45 bits per heavy atom. The number of amides is 1. The molecule has 1 rings (SSSR count). The molecule has 6 heteroatoms. The van der Waals surface area contributed by atoms with E-state index in [4.69, 9.17) is 22.7 Å². The summed E-state index contributed by atoms with van der Waals surface area (Å²) >= 11 is 4.85. The Kier molecular flexibility index (Phi) is 6.97. The van der Waals surface area contributed by atoms with Crippen LogP contribution in [0.15, 0.2) is 24.3 Å². The maximum atomic E-state index is 12.0. The van der Waals surface area contributed by atoms with Crippen LogP contribution in [0.25, 0.3) is 0 Å². The van der Waals surface area contributed by atoms with Gasteiger partial charge >= 0.3 is 0 Å². The minimum atomic E-state index is -0.0840. The number of rotatable bonds is 8. The maximum absolute atomic E-state index is 12.0. The van der Waals surface area contributed by atoms with Crippen molar-refractivity contribution < 1.29 is 9.53 Å². The fourth-order valence-corrected chi connectivity index (χ4v) is 1.85. The topological polar surface area (TPSA) is 67.6 Å². The first-order valence-corrected chi connectivity index (χ1v) is 6.91. The molecule has 3 N–H and O–H groups in total. The number of nitrogens with zero attached hydrogens (tertiary/aromatic N) is 1. The highest BCUT2D eigenvalue weighted by Crippen LogP contribution is 2.22. The van der Waals surface area contributed by atoms with Gasteiger partial charge < -0.3 is 15.8 Å². The number of benzene rings is 1.